The van der Waals surface area contributed by atoms with Gasteiger partial charge in [0.05, 0.1) is 27.8 Å². The first kappa shape index (κ1) is 18.8. The molecule has 0 saturated carbocycles. The zero-order chi connectivity index (χ0) is 19.7. The summed E-state index contributed by atoms with van der Waals surface area (Å²) in [7, 11) is 0. The molecule has 144 valence electrons. The van der Waals surface area contributed by atoms with Crippen molar-refractivity contribution in [3.63, 3.8) is 0 Å². The zero-order valence-electron chi connectivity index (χ0n) is 14.1. The number of para-hydroxylation sites is 1. The van der Waals surface area contributed by atoms with Gasteiger partial charge in [0, 0.05) is 0 Å². The van der Waals surface area contributed by atoms with Gasteiger partial charge in [0.2, 0.25) is 5.91 Å². The van der Waals surface area contributed by atoms with E-state index in [0.29, 0.717) is 0 Å². The summed E-state index contributed by atoms with van der Waals surface area (Å²) in [6.45, 7) is 0. The minimum absolute atomic E-state index is 0.0826. The molecule has 0 radical (unpaired) electrons. The van der Waals surface area contributed by atoms with Crippen LogP contribution in [0.3, 0.4) is 0 Å². The lowest BCUT2D eigenvalue weighted by Crippen LogP contribution is -2.45. The summed E-state index contributed by atoms with van der Waals surface area (Å²) in [5, 5.41) is 11.3. The van der Waals surface area contributed by atoms with Gasteiger partial charge in [-0.05, 0) is 18.2 Å². The highest BCUT2D eigenvalue weighted by molar-refractivity contribution is 8.01. The number of nitro groups is 1. The second kappa shape index (κ2) is 7.81. The Morgan fingerprint density at radius 3 is 2.96 bits per heavy atom. The number of benzene rings is 1. The van der Waals surface area contributed by atoms with Gasteiger partial charge in [-0.1, -0.05) is 23.9 Å². The van der Waals surface area contributed by atoms with Gasteiger partial charge >= 0.3 is 5.88 Å². The van der Waals surface area contributed by atoms with E-state index in [9.17, 15) is 19.7 Å². The Balaban J connectivity index is 1.40. The topological polar surface area (TPSA) is 119 Å². The summed E-state index contributed by atoms with van der Waals surface area (Å²) in [4.78, 5) is 39.0. The molecule has 1 saturated heterocycles. The number of hydrogen-bond acceptors (Lipinski definition) is 9. The number of rotatable bonds is 6. The van der Waals surface area contributed by atoms with Crippen LogP contribution in [0.2, 0.25) is 0 Å². The fraction of sp³-hybridized carbons (Fsp3) is 0.188. The summed E-state index contributed by atoms with van der Waals surface area (Å²) in [6, 6.07) is 10.4. The van der Waals surface area contributed by atoms with Gasteiger partial charge in [-0.2, -0.15) is 0 Å². The van der Waals surface area contributed by atoms with Crippen molar-refractivity contribution >= 4 is 62.8 Å². The predicted molar refractivity (Wildman–Crippen MR) is 106 cm³/mol. The number of aromatic nitrogens is 1. The third-order valence-electron chi connectivity index (χ3n) is 3.75. The number of carbonyl (C=O) groups is 2. The van der Waals surface area contributed by atoms with Crippen LogP contribution < -0.4 is 5.43 Å². The number of furan rings is 1. The van der Waals surface area contributed by atoms with E-state index >= 15 is 0 Å². The van der Waals surface area contributed by atoms with Gasteiger partial charge in [0.15, 0.2) is 9.71 Å². The van der Waals surface area contributed by atoms with Crippen LogP contribution in [0.15, 0.2) is 45.2 Å². The molecule has 0 bridgehead atoms. The van der Waals surface area contributed by atoms with E-state index < -0.39 is 16.2 Å². The third-order valence-corrected chi connectivity index (χ3v) is 7.10. The Labute approximate surface area is 170 Å². The lowest BCUT2D eigenvalue weighted by molar-refractivity contribution is -0.402. The summed E-state index contributed by atoms with van der Waals surface area (Å²) in [5.41, 5.74) is 3.45. The maximum atomic E-state index is 12.3. The van der Waals surface area contributed by atoms with E-state index in [1.165, 1.54) is 47.0 Å². The maximum Gasteiger partial charge on any atom is 0.433 e. The molecule has 3 aromatic rings. The molecule has 28 heavy (non-hydrogen) atoms. The SMILES string of the molecule is O=C(CSc1nc2ccccc2s1)NN1C(=O)CSC1c1ccc([N+](=O)[O-])o1. The molecule has 1 aromatic carbocycles. The predicted octanol–water partition coefficient (Wildman–Crippen LogP) is 3.20. The summed E-state index contributed by atoms with van der Waals surface area (Å²) in [6.07, 6.45) is 0. The monoisotopic (exact) mass is 436 g/mol. The Bertz CT molecular complexity index is 1030. The molecule has 12 heteroatoms. The average molecular weight is 436 g/mol. The van der Waals surface area contributed by atoms with Gasteiger partial charge in [0.25, 0.3) is 5.91 Å². The number of thiazole rings is 1. The molecule has 1 unspecified atom stereocenters. The van der Waals surface area contributed by atoms with Crippen molar-refractivity contribution in [2.24, 2.45) is 0 Å². The van der Waals surface area contributed by atoms with E-state index in [2.05, 4.69) is 10.4 Å². The number of fused-ring (bicyclic) bond motifs is 1. The normalized spacial score (nSPS) is 16.6. The Morgan fingerprint density at radius 2 is 2.21 bits per heavy atom. The molecule has 1 aliphatic rings. The molecule has 1 aliphatic heterocycles. The van der Waals surface area contributed by atoms with Crippen LogP contribution in [0.4, 0.5) is 5.88 Å². The lowest BCUT2D eigenvalue weighted by atomic mass is 10.3. The van der Waals surface area contributed by atoms with Crippen LogP contribution in [-0.2, 0) is 9.59 Å². The summed E-state index contributed by atoms with van der Waals surface area (Å²) >= 11 is 4.00. The van der Waals surface area contributed by atoms with Gasteiger partial charge in [-0.25, -0.2) is 9.99 Å². The molecule has 1 fully saturated rings. The molecule has 1 atom stereocenters. The van der Waals surface area contributed by atoms with Crippen LogP contribution in [0.1, 0.15) is 11.1 Å². The van der Waals surface area contributed by atoms with Crippen molar-refractivity contribution in [3.8, 4) is 0 Å². The highest BCUT2D eigenvalue weighted by Crippen LogP contribution is 2.39. The number of nitrogens with zero attached hydrogens (tertiary/aromatic N) is 3. The van der Waals surface area contributed by atoms with Crippen molar-refractivity contribution in [2.75, 3.05) is 11.5 Å². The second-order valence-electron chi connectivity index (χ2n) is 5.63. The minimum atomic E-state index is -0.650. The molecule has 3 heterocycles. The molecule has 0 spiro atoms. The summed E-state index contributed by atoms with van der Waals surface area (Å²) < 4.78 is 6.97. The zero-order valence-corrected chi connectivity index (χ0v) is 16.5. The fourth-order valence-corrected chi connectivity index (χ4v) is 5.45. The highest BCUT2D eigenvalue weighted by Gasteiger charge is 2.37. The van der Waals surface area contributed by atoms with Crippen molar-refractivity contribution < 1.29 is 18.9 Å². The van der Waals surface area contributed by atoms with Crippen LogP contribution >= 0.6 is 34.9 Å². The van der Waals surface area contributed by atoms with Crippen LogP contribution in [-0.4, -0.2) is 38.2 Å². The molecule has 4 rings (SSSR count). The molecule has 2 aromatic heterocycles. The van der Waals surface area contributed by atoms with Crippen LogP contribution in [0, 0.1) is 10.1 Å². The first-order valence-electron chi connectivity index (χ1n) is 7.97. The molecule has 9 nitrogen and oxygen atoms in total. The smallest absolute Gasteiger partial charge is 0.403 e. The van der Waals surface area contributed by atoms with Crippen molar-refractivity contribution in [2.45, 2.75) is 9.71 Å². The van der Waals surface area contributed by atoms with Gasteiger partial charge in [-0.15, -0.1) is 23.1 Å². The quantitative estimate of drug-likeness (QED) is 0.355. The van der Waals surface area contributed by atoms with Gasteiger partial charge in [-0.3, -0.25) is 25.1 Å². The van der Waals surface area contributed by atoms with Gasteiger partial charge in [0.1, 0.15) is 10.7 Å². The first-order valence-corrected chi connectivity index (χ1v) is 10.8. The Morgan fingerprint density at radius 1 is 1.39 bits per heavy atom. The van der Waals surface area contributed by atoms with Crippen molar-refractivity contribution in [1.82, 2.24) is 15.4 Å². The number of hydrazine groups is 1. The Kier molecular flexibility index (Phi) is 5.24. The molecule has 2 amide bonds. The molecule has 0 aliphatic carbocycles. The number of carbonyl (C=O) groups excluding carboxylic acids is 2. The Hall–Kier alpha value is -2.57. The fourth-order valence-electron chi connectivity index (χ4n) is 2.54. The maximum absolute atomic E-state index is 12.3. The van der Waals surface area contributed by atoms with Crippen LogP contribution in [0.5, 0.6) is 0 Å². The van der Waals surface area contributed by atoms with E-state index in [1.807, 2.05) is 24.3 Å². The van der Waals surface area contributed by atoms with E-state index in [4.69, 9.17) is 4.42 Å². The minimum Gasteiger partial charge on any atom is -0.403 e. The number of hydrogen-bond donors (Lipinski definition) is 1. The highest BCUT2D eigenvalue weighted by atomic mass is 32.2. The number of amides is 2. The summed E-state index contributed by atoms with van der Waals surface area (Å²) in [5.74, 6) is -0.614. The molecule has 1 N–H and O–H groups in total. The van der Waals surface area contributed by atoms with E-state index in [0.717, 1.165) is 19.6 Å². The average Bonchev–Trinajstić information content (AvgIpc) is 3.38. The largest absolute Gasteiger partial charge is 0.433 e. The third kappa shape index (κ3) is 3.84. The number of thioether (sulfide) groups is 2. The van der Waals surface area contributed by atoms with Crippen molar-refractivity contribution in [1.29, 1.82) is 0 Å². The molecular formula is C16H12N4O5S3. The van der Waals surface area contributed by atoms with Gasteiger partial charge < -0.3 is 4.42 Å². The second-order valence-corrected chi connectivity index (χ2v) is 8.95. The van der Waals surface area contributed by atoms with Crippen LogP contribution in [0.25, 0.3) is 10.2 Å². The van der Waals surface area contributed by atoms with E-state index in [1.54, 1.807) is 0 Å². The lowest BCUT2D eigenvalue weighted by Gasteiger charge is -2.22. The van der Waals surface area contributed by atoms with E-state index in [-0.39, 0.29) is 29.1 Å². The molecular weight excluding hydrogens is 424 g/mol. The standard InChI is InChI=1S/C16H12N4O5S3/c21-12(7-27-16-17-9-3-1-2-4-11(9)28-16)18-19-13(22)8-26-15(19)10-5-6-14(25-10)20(23)24/h1-6,15H,7-8H2,(H,18,21). The first-order chi connectivity index (χ1) is 13.5. The van der Waals surface area contributed by atoms with Crippen molar-refractivity contribution in [3.05, 3.63) is 52.3 Å². The number of nitrogens with one attached hydrogen (secondary N) is 1.